The summed E-state index contributed by atoms with van der Waals surface area (Å²) in [4.78, 5) is 29.9. The molecule has 2 amide bonds. The highest BCUT2D eigenvalue weighted by atomic mass is 35.5. The van der Waals surface area contributed by atoms with E-state index in [9.17, 15) is 18.0 Å². The average Bonchev–Trinajstić information content (AvgIpc) is 3.04. The van der Waals surface area contributed by atoms with E-state index in [2.05, 4.69) is 5.32 Å². The molecule has 0 fully saturated rings. The fraction of sp³-hybridized carbons (Fsp3) is 0.278. The van der Waals surface area contributed by atoms with Crippen molar-refractivity contribution in [2.45, 2.75) is 57.5 Å². The van der Waals surface area contributed by atoms with Crippen LogP contribution in [0.2, 0.25) is 15.1 Å². The molecule has 0 aromatic heterocycles. The minimum absolute atomic E-state index is 0.0214. The van der Waals surface area contributed by atoms with E-state index in [4.69, 9.17) is 34.8 Å². The van der Waals surface area contributed by atoms with Gasteiger partial charge in [0.25, 0.3) is 10.0 Å². The minimum Gasteiger partial charge on any atom is -0.354 e. The van der Waals surface area contributed by atoms with Gasteiger partial charge in [0.2, 0.25) is 11.8 Å². The van der Waals surface area contributed by atoms with E-state index in [-0.39, 0.29) is 23.8 Å². The van der Waals surface area contributed by atoms with Gasteiger partial charge in [-0.15, -0.1) is 0 Å². The third-order valence-electron chi connectivity index (χ3n) is 7.75. The third kappa shape index (κ3) is 9.51. The van der Waals surface area contributed by atoms with Crippen molar-refractivity contribution in [2.24, 2.45) is 0 Å². The molecule has 7 nitrogen and oxygen atoms in total. The van der Waals surface area contributed by atoms with E-state index in [1.54, 1.807) is 55.5 Å². The highest BCUT2D eigenvalue weighted by Gasteiger charge is 2.35. The molecule has 248 valence electrons. The molecular weight excluding hydrogens is 677 g/mol. The van der Waals surface area contributed by atoms with Crippen LogP contribution in [0.4, 0.5) is 5.69 Å². The molecule has 0 unspecified atom stereocenters. The Labute approximate surface area is 292 Å². The van der Waals surface area contributed by atoms with Gasteiger partial charge in [-0.25, -0.2) is 8.42 Å². The van der Waals surface area contributed by atoms with Gasteiger partial charge in [0, 0.05) is 24.5 Å². The van der Waals surface area contributed by atoms with Crippen LogP contribution < -0.4 is 9.62 Å². The van der Waals surface area contributed by atoms with E-state index < -0.39 is 28.5 Å². The van der Waals surface area contributed by atoms with Gasteiger partial charge in [0.15, 0.2) is 0 Å². The fourth-order valence-electron chi connectivity index (χ4n) is 5.14. The first-order valence-electron chi connectivity index (χ1n) is 15.3. The Morgan fingerprint density at radius 2 is 1.53 bits per heavy atom. The van der Waals surface area contributed by atoms with Crippen molar-refractivity contribution in [3.05, 3.63) is 128 Å². The number of rotatable bonds is 14. The Balaban J connectivity index is 1.83. The second kappa shape index (κ2) is 16.5. The number of carbonyl (C=O) groups excluding carboxylic acids is 2. The summed E-state index contributed by atoms with van der Waals surface area (Å²) in [5, 5.41) is 4.05. The van der Waals surface area contributed by atoms with Gasteiger partial charge in [0.05, 0.1) is 20.6 Å². The topological polar surface area (TPSA) is 86.8 Å². The van der Waals surface area contributed by atoms with E-state index >= 15 is 0 Å². The number of hydrogen-bond acceptors (Lipinski definition) is 4. The van der Waals surface area contributed by atoms with Crippen LogP contribution in [0.3, 0.4) is 0 Å². The van der Waals surface area contributed by atoms with E-state index in [0.29, 0.717) is 38.4 Å². The van der Waals surface area contributed by atoms with Crippen LogP contribution in [0.15, 0.2) is 95.9 Å². The Morgan fingerprint density at radius 3 is 2.17 bits per heavy atom. The zero-order chi connectivity index (χ0) is 34.1. The number of sulfonamides is 1. The zero-order valence-electron chi connectivity index (χ0n) is 26.5. The molecule has 0 aliphatic rings. The lowest BCUT2D eigenvalue weighted by atomic mass is 10.0. The largest absolute Gasteiger partial charge is 0.354 e. The molecule has 0 spiro atoms. The normalized spacial score (nSPS) is 12.0. The Hall–Kier alpha value is -3.56. The first-order chi connectivity index (χ1) is 22.4. The van der Waals surface area contributed by atoms with Gasteiger partial charge < -0.3 is 10.2 Å². The summed E-state index contributed by atoms with van der Waals surface area (Å²) in [7, 11) is -4.24. The van der Waals surface area contributed by atoms with Crippen molar-refractivity contribution in [3.8, 4) is 0 Å². The number of halogens is 3. The lowest BCUT2D eigenvalue weighted by Crippen LogP contribution is -2.53. The maximum atomic E-state index is 14.6. The van der Waals surface area contributed by atoms with Crippen LogP contribution in [0, 0.1) is 13.8 Å². The predicted octanol–water partition coefficient (Wildman–Crippen LogP) is 8.02. The number of amides is 2. The van der Waals surface area contributed by atoms with Crippen LogP contribution in [-0.4, -0.2) is 44.3 Å². The van der Waals surface area contributed by atoms with Gasteiger partial charge >= 0.3 is 0 Å². The van der Waals surface area contributed by atoms with Crippen LogP contribution in [0.5, 0.6) is 0 Å². The molecule has 1 atom stereocenters. The van der Waals surface area contributed by atoms with Crippen molar-refractivity contribution in [1.29, 1.82) is 0 Å². The van der Waals surface area contributed by atoms with E-state index in [0.717, 1.165) is 28.3 Å². The second-order valence-corrected chi connectivity index (χ2v) is 14.5. The van der Waals surface area contributed by atoms with Crippen molar-refractivity contribution in [1.82, 2.24) is 10.2 Å². The molecule has 0 saturated heterocycles. The maximum Gasteiger partial charge on any atom is 0.264 e. The maximum absolute atomic E-state index is 14.6. The summed E-state index contributed by atoms with van der Waals surface area (Å²) in [6, 6.07) is 24.7. The van der Waals surface area contributed by atoms with E-state index in [1.165, 1.54) is 17.0 Å². The summed E-state index contributed by atoms with van der Waals surface area (Å²) in [5.41, 5.74) is 3.22. The molecule has 0 radical (unpaired) electrons. The standard InChI is InChI=1S/C36H38Cl3N3O4S/c1-4-5-19-40-36(44)34(22-27-9-7-6-8-10-27)41(23-28-13-17-31(38)32(39)21-28)35(43)24-42(33-18-14-29(37)20-26(33)3)47(45,46)30-15-11-25(2)12-16-30/h6-18,20-21,34H,4-5,19,22-24H2,1-3H3,(H,40,44)/t34-/m0/s1. The van der Waals surface area contributed by atoms with Crippen LogP contribution in [0.1, 0.15) is 42.0 Å². The summed E-state index contributed by atoms with van der Waals surface area (Å²) >= 11 is 18.8. The van der Waals surface area contributed by atoms with E-state index in [1.807, 2.05) is 44.2 Å². The Kier molecular flexibility index (Phi) is 12.7. The molecule has 0 heterocycles. The van der Waals surface area contributed by atoms with Gasteiger partial charge in [-0.1, -0.05) is 102 Å². The molecule has 4 aromatic carbocycles. The molecule has 1 N–H and O–H groups in total. The second-order valence-electron chi connectivity index (χ2n) is 11.4. The summed E-state index contributed by atoms with van der Waals surface area (Å²) in [6.07, 6.45) is 1.85. The van der Waals surface area contributed by atoms with Crippen molar-refractivity contribution >= 4 is 62.3 Å². The van der Waals surface area contributed by atoms with Crippen molar-refractivity contribution in [2.75, 3.05) is 17.4 Å². The van der Waals surface area contributed by atoms with Crippen molar-refractivity contribution in [3.63, 3.8) is 0 Å². The molecule has 0 saturated carbocycles. The summed E-state index contributed by atoms with van der Waals surface area (Å²) < 4.78 is 29.6. The molecule has 4 rings (SSSR count). The lowest BCUT2D eigenvalue weighted by molar-refractivity contribution is -0.140. The summed E-state index contributed by atoms with van der Waals surface area (Å²) in [5.74, 6) is -0.918. The molecule has 11 heteroatoms. The fourth-order valence-corrected chi connectivity index (χ4v) is 7.17. The number of aryl methyl sites for hydroxylation is 2. The number of unbranched alkanes of at least 4 members (excludes halogenated alkanes) is 1. The number of nitrogens with one attached hydrogen (secondary N) is 1. The van der Waals surface area contributed by atoms with Gasteiger partial charge in [-0.3, -0.25) is 13.9 Å². The van der Waals surface area contributed by atoms with Gasteiger partial charge in [-0.05, 0) is 79.4 Å². The molecule has 0 aliphatic heterocycles. The van der Waals surface area contributed by atoms with Crippen molar-refractivity contribution < 1.29 is 18.0 Å². The van der Waals surface area contributed by atoms with Crippen LogP contribution >= 0.6 is 34.8 Å². The lowest BCUT2D eigenvalue weighted by Gasteiger charge is -2.34. The Morgan fingerprint density at radius 1 is 0.830 bits per heavy atom. The number of carbonyl (C=O) groups is 2. The zero-order valence-corrected chi connectivity index (χ0v) is 29.6. The highest BCUT2D eigenvalue weighted by Crippen LogP contribution is 2.30. The molecule has 47 heavy (non-hydrogen) atoms. The first kappa shape index (κ1) is 36.3. The van der Waals surface area contributed by atoms with Crippen LogP contribution in [0.25, 0.3) is 0 Å². The Bertz CT molecular complexity index is 1800. The van der Waals surface area contributed by atoms with Crippen LogP contribution in [-0.2, 0) is 32.6 Å². The highest BCUT2D eigenvalue weighted by molar-refractivity contribution is 7.92. The first-order valence-corrected chi connectivity index (χ1v) is 17.9. The number of nitrogens with zero attached hydrogens (tertiary/aromatic N) is 2. The number of benzene rings is 4. The molecule has 0 bridgehead atoms. The predicted molar refractivity (Wildman–Crippen MR) is 191 cm³/mol. The monoisotopic (exact) mass is 713 g/mol. The minimum atomic E-state index is -4.24. The molecule has 4 aromatic rings. The SMILES string of the molecule is CCCCNC(=O)[C@H](Cc1ccccc1)N(Cc1ccc(Cl)c(Cl)c1)C(=O)CN(c1ccc(Cl)cc1C)S(=O)(=O)c1ccc(C)cc1. The number of anilines is 1. The molecular formula is C36H38Cl3N3O4S. The summed E-state index contributed by atoms with van der Waals surface area (Å²) in [6.45, 7) is 5.46. The smallest absolute Gasteiger partial charge is 0.264 e. The van der Waals surface area contributed by atoms with Gasteiger partial charge in [-0.2, -0.15) is 0 Å². The van der Waals surface area contributed by atoms with Gasteiger partial charge in [0.1, 0.15) is 12.6 Å². The molecule has 0 aliphatic carbocycles. The quantitative estimate of drug-likeness (QED) is 0.134. The average molecular weight is 715 g/mol. The number of hydrogen-bond donors (Lipinski definition) is 1. The third-order valence-corrected chi connectivity index (χ3v) is 10.5.